The molecule has 2 N–H and O–H groups in total. The third kappa shape index (κ3) is 2.75. The Labute approximate surface area is 123 Å². The van der Waals surface area contributed by atoms with E-state index in [2.05, 4.69) is 23.3 Å². The Morgan fingerprint density at radius 1 is 1.45 bits per heavy atom. The molecule has 20 heavy (non-hydrogen) atoms. The van der Waals surface area contributed by atoms with Crippen LogP contribution in [-0.4, -0.2) is 19.1 Å². The van der Waals surface area contributed by atoms with E-state index in [1.165, 1.54) is 0 Å². The molecule has 0 radical (unpaired) electrons. The second-order valence-electron chi connectivity index (χ2n) is 5.67. The van der Waals surface area contributed by atoms with Crippen LogP contribution >= 0.6 is 0 Å². The van der Waals surface area contributed by atoms with Gasteiger partial charge in [0.25, 0.3) is 0 Å². The summed E-state index contributed by atoms with van der Waals surface area (Å²) in [4.78, 5) is 0. The van der Waals surface area contributed by atoms with E-state index in [-0.39, 0.29) is 0 Å². The number of fused-ring (bicyclic) bond motifs is 1. The molecule has 1 heterocycles. The molecular formula is C15H21N3OS. The molecule has 0 aliphatic heterocycles. The van der Waals surface area contributed by atoms with Crippen LogP contribution in [0.2, 0.25) is 0 Å². The number of hydrogen-bond acceptors (Lipinski definition) is 3. The number of aryl methyl sites for hydroxylation is 2. The molecule has 0 amide bonds. The van der Waals surface area contributed by atoms with Gasteiger partial charge >= 0.3 is 0 Å². The maximum absolute atomic E-state index is 11.5. The van der Waals surface area contributed by atoms with E-state index in [1.54, 1.807) is 0 Å². The SMILES string of the molecule is CC(=CC(C)(C)[S+](N)[O-])c1ccc2c(C)nn(C)c2c1. The molecule has 2 aromatic rings. The zero-order valence-electron chi connectivity index (χ0n) is 12.6. The van der Waals surface area contributed by atoms with E-state index in [9.17, 15) is 4.55 Å². The number of benzene rings is 1. The second-order valence-corrected chi connectivity index (χ2v) is 7.32. The van der Waals surface area contributed by atoms with Gasteiger partial charge in [0, 0.05) is 23.8 Å². The van der Waals surface area contributed by atoms with Gasteiger partial charge in [0.15, 0.2) is 4.75 Å². The lowest BCUT2D eigenvalue weighted by Gasteiger charge is -2.21. The summed E-state index contributed by atoms with van der Waals surface area (Å²) < 4.78 is 12.9. The number of nitrogens with two attached hydrogens (primary N) is 1. The average Bonchev–Trinajstić information content (AvgIpc) is 2.64. The molecule has 0 spiro atoms. The number of nitrogens with zero attached hydrogens (tertiary/aromatic N) is 2. The lowest BCUT2D eigenvalue weighted by atomic mass is 10.0. The van der Waals surface area contributed by atoms with Crippen molar-refractivity contribution in [3.8, 4) is 0 Å². The Kier molecular flexibility index (Phi) is 3.95. The van der Waals surface area contributed by atoms with Crippen molar-refractivity contribution < 1.29 is 4.55 Å². The summed E-state index contributed by atoms with van der Waals surface area (Å²) in [5.41, 5.74) is 4.28. The minimum Gasteiger partial charge on any atom is -0.598 e. The maximum Gasteiger partial charge on any atom is 0.157 e. The zero-order valence-corrected chi connectivity index (χ0v) is 13.4. The van der Waals surface area contributed by atoms with Crippen LogP contribution in [0.4, 0.5) is 0 Å². The van der Waals surface area contributed by atoms with Gasteiger partial charge in [0.2, 0.25) is 0 Å². The van der Waals surface area contributed by atoms with Gasteiger partial charge in [-0.2, -0.15) is 10.2 Å². The highest BCUT2D eigenvalue weighted by Gasteiger charge is 2.27. The van der Waals surface area contributed by atoms with Crippen LogP contribution in [-0.2, 0) is 18.4 Å². The summed E-state index contributed by atoms with van der Waals surface area (Å²) in [6.45, 7) is 7.77. The highest BCUT2D eigenvalue weighted by atomic mass is 32.2. The van der Waals surface area contributed by atoms with Gasteiger partial charge in [0.05, 0.1) is 11.2 Å². The summed E-state index contributed by atoms with van der Waals surface area (Å²) in [6.07, 6.45) is 1.97. The summed E-state index contributed by atoms with van der Waals surface area (Å²) in [5, 5.41) is 11.1. The van der Waals surface area contributed by atoms with Crippen molar-refractivity contribution in [2.45, 2.75) is 32.4 Å². The molecule has 108 valence electrons. The summed E-state index contributed by atoms with van der Waals surface area (Å²) >= 11 is -1.39. The van der Waals surface area contributed by atoms with Crippen LogP contribution in [0.25, 0.3) is 16.5 Å². The first-order valence-electron chi connectivity index (χ1n) is 6.52. The second kappa shape index (κ2) is 5.24. The molecule has 4 nitrogen and oxygen atoms in total. The minimum absolute atomic E-state index is 0.540. The highest BCUT2D eigenvalue weighted by Crippen LogP contribution is 2.26. The van der Waals surface area contributed by atoms with Crippen molar-refractivity contribution in [3.63, 3.8) is 0 Å². The van der Waals surface area contributed by atoms with Gasteiger partial charge in [-0.1, -0.05) is 12.1 Å². The van der Waals surface area contributed by atoms with Gasteiger partial charge in [-0.05, 0) is 51.0 Å². The molecule has 1 aromatic heterocycles. The maximum atomic E-state index is 11.5. The van der Waals surface area contributed by atoms with E-state index >= 15 is 0 Å². The van der Waals surface area contributed by atoms with E-state index in [0.29, 0.717) is 0 Å². The van der Waals surface area contributed by atoms with Crippen LogP contribution in [0.5, 0.6) is 0 Å². The Bertz CT molecular complexity index is 671. The van der Waals surface area contributed by atoms with Crippen LogP contribution < -0.4 is 5.14 Å². The Hall–Kier alpha value is -1.30. The third-order valence-electron chi connectivity index (χ3n) is 3.57. The third-order valence-corrected chi connectivity index (χ3v) is 4.73. The van der Waals surface area contributed by atoms with Crippen LogP contribution in [0, 0.1) is 6.92 Å². The van der Waals surface area contributed by atoms with Crippen LogP contribution in [0.1, 0.15) is 32.0 Å². The predicted molar refractivity (Wildman–Crippen MR) is 85.5 cm³/mol. The van der Waals surface area contributed by atoms with Crippen molar-refractivity contribution in [3.05, 3.63) is 35.5 Å². The molecule has 0 saturated carbocycles. The fraction of sp³-hybridized carbons (Fsp3) is 0.400. The van der Waals surface area contributed by atoms with Crippen LogP contribution in [0.15, 0.2) is 24.3 Å². The number of rotatable bonds is 3. The highest BCUT2D eigenvalue weighted by molar-refractivity contribution is 7.90. The Morgan fingerprint density at radius 2 is 2.10 bits per heavy atom. The topological polar surface area (TPSA) is 66.9 Å². The summed E-state index contributed by atoms with van der Waals surface area (Å²) in [6, 6.07) is 6.26. The first-order valence-corrected chi connectivity index (χ1v) is 7.73. The van der Waals surface area contributed by atoms with Crippen molar-refractivity contribution in [1.29, 1.82) is 0 Å². The first-order chi connectivity index (χ1) is 9.22. The molecule has 0 bridgehead atoms. The van der Waals surface area contributed by atoms with E-state index in [0.717, 1.165) is 27.7 Å². The molecule has 0 aliphatic rings. The molecular weight excluding hydrogens is 270 g/mol. The summed E-state index contributed by atoms with van der Waals surface area (Å²) in [5.74, 6) is 0. The fourth-order valence-corrected chi connectivity index (χ4v) is 2.64. The number of allylic oxidation sites excluding steroid dienone is 1. The molecule has 1 atom stereocenters. The average molecular weight is 291 g/mol. The van der Waals surface area contributed by atoms with Gasteiger partial charge in [-0.3, -0.25) is 4.68 Å². The lowest BCUT2D eigenvalue weighted by molar-refractivity contribution is 0.573. The van der Waals surface area contributed by atoms with Gasteiger partial charge in [0.1, 0.15) is 0 Å². The van der Waals surface area contributed by atoms with Crippen LogP contribution in [0.3, 0.4) is 0 Å². The largest absolute Gasteiger partial charge is 0.598 e. The van der Waals surface area contributed by atoms with E-state index < -0.39 is 16.1 Å². The fourth-order valence-electron chi connectivity index (χ4n) is 2.35. The smallest absolute Gasteiger partial charge is 0.157 e. The lowest BCUT2D eigenvalue weighted by Crippen LogP contribution is -2.36. The number of hydrogen-bond donors (Lipinski definition) is 1. The van der Waals surface area contributed by atoms with Crippen molar-refractivity contribution >= 4 is 27.8 Å². The van der Waals surface area contributed by atoms with E-state index in [4.69, 9.17) is 5.14 Å². The monoisotopic (exact) mass is 291 g/mol. The Balaban J connectivity index is 2.48. The molecule has 1 unspecified atom stereocenters. The molecule has 0 saturated heterocycles. The predicted octanol–water partition coefficient (Wildman–Crippen LogP) is 2.69. The zero-order chi connectivity index (χ0) is 15.1. The molecule has 1 aromatic carbocycles. The van der Waals surface area contributed by atoms with Crippen molar-refractivity contribution in [2.75, 3.05) is 0 Å². The molecule has 0 fully saturated rings. The Morgan fingerprint density at radius 3 is 2.70 bits per heavy atom. The normalized spacial score (nSPS) is 14.8. The number of aromatic nitrogens is 2. The van der Waals surface area contributed by atoms with Crippen molar-refractivity contribution in [1.82, 2.24) is 9.78 Å². The van der Waals surface area contributed by atoms with Gasteiger partial charge < -0.3 is 4.55 Å². The molecule has 5 heteroatoms. The first kappa shape index (κ1) is 15.1. The quantitative estimate of drug-likeness (QED) is 0.884. The summed E-state index contributed by atoms with van der Waals surface area (Å²) in [7, 11) is 1.94. The van der Waals surface area contributed by atoms with Crippen molar-refractivity contribution in [2.24, 2.45) is 12.2 Å². The van der Waals surface area contributed by atoms with Gasteiger partial charge in [-0.15, -0.1) is 0 Å². The van der Waals surface area contributed by atoms with Gasteiger partial charge in [-0.25, -0.2) is 0 Å². The standard InChI is InChI=1S/C15H21N3OS/c1-10(9-15(3,4)20(16)19)12-6-7-13-11(2)17-18(5)14(13)8-12/h6-9H,16H2,1-5H3. The van der Waals surface area contributed by atoms with E-state index in [1.807, 2.05) is 45.5 Å². The molecule has 0 aliphatic carbocycles. The minimum atomic E-state index is -1.39. The molecule has 2 rings (SSSR count).